The number of benzene rings is 1. The van der Waals surface area contributed by atoms with Crippen LogP contribution in [0.1, 0.15) is 19.3 Å². The van der Waals surface area contributed by atoms with Crippen molar-refractivity contribution in [1.29, 1.82) is 0 Å². The Morgan fingerprint density at radius 1 is 1.29 bits per heavy atom. The van der Waals surface area contributed by atoms with Gasteiger partial charge in [0.15, 0.2) is 0 Å². The maximum atomic E-state index is 4.10. The minimum Gasteiger partial charge on any atom is -0.383 e. The van der Waals surface area contributed by atoms with Crippen molar-refractivity contribution in [3.05, 3.63) is 43.0 Å². The predicted octanol–water partition coefficient (Wildman–Crippen LogP) is 3.08. The van der Waals surface area contributed by atoms with E-state index in [4.69, 9.17) is 0 Å². The summed E-state index contributed by atoms with van der Waals surface area (Å²) in [6.45, 7) is 1.09. The summed E-state index contributed by atoms with van der Waals surface area (Å²) in [4.78, 5) is 4.10. The third kappa shape index (κ3) is 2.18. The molecule has 3 nitrogen and oxygen atoms in total. The highest BCUT2D eigenvalue weighted by atomic mass is 15.1. The van der Waals surface area contributed by atoms with Crippen LogP contribution in [0, 0.1) is 5.92 Å². The molecule has 2 aromatic rings. The molecule has 1 N–H and O–H groups in total. The summed E-state index contributed by atoms with van der Waals surface area (Å²) in [6, 6.07) is 8.38. The number of rotatable bonds is 4. The smallest absolute Gasteiger partial charge is 0.0992 e. The van der Waals surface area contributed by atoms with Crippen LogP contribution in [0.5, 0.6) is 0 Å². The molecule has 1 saturated carbocycles. The van der Waals surface area contributed by atoms with E-state index in [1.807, 2.05) is 23.3 Å². The Morgan fingerprint density at radius 3 is 2.88 bits per heavy atom. The van der Waals surface area contributed by atoms with Crippen molar-refractivity contribution in [3.63, 3.8) is 0 Å². The Kier molecular flexibility index (Phi) is 2.82. The first-order valence-electron chi connectivity index (χ1n) is 6.25. The molecule has 1 aliphatic carbocycles. The molecule has 0 bridgehead atoms. The fraction of sp³-hybridized carbons (Fsp3) is 0.357. The van der Waals surface area contributed by atoms with Crippen LogP contribution in [-0.2, 0) is 0 Å². The van der Waals surface area contributed by atoms with Gasteiger partial charge in [-0.25, -0.2) is 4.98 Å². The fourth-order valence-electron chi connectivity index (χ4n) is 2.20. The topological polar surface area (TPSA) is 29.9 Å². The molecule has 0 spiro atoms. The summed E-state index contributed by atoms with van der Waals surface area (Å²) in [5.74, 6) is 0.867. The molecule has 0 atom stereocenters. The Bertz CT molecular complexity index is 472. The number of nitrogens with zero attached hydrogens (tertiary/aromatic N) is 2. The molecule has 0 saturated heterocycles. The molecule has 0 aliphatic heterocycles. The quantitative estimate of drug-likeness (QED) is 0.869. The third-order valence-electron chi connectivity index (χ3n) is 3.49. The number of imidazole rings is 1. The van der Waals surface area contributed by atoms with Crippen molar-refractivity contribution in [3.8, 4) is 5.69 Å². The van der Waals surface area contributed by atoms with Crippen molar-refractivity contribution in [1.82, 2.24) is 9.55 Å². The summed E-state index contributed by atoms with van der Waals surface area (Å²) in [7, 11) is 0. The van der Waals surface area contributed by atoms with Gasteiger partial charge in [0.05, 0.1) is 17.7 Å². The van der Waals surface area contributed by atoms with E-state index in [9.17, 15) is 0 Å². The first-order chi connectivity index (χ1) is 8.43. The lowest BCUT2D eigenvalue weighted by Crippen LogP contribution is -2.21. The molecule has 1 aromatic carbocycles. The number of hydrogen-bond donors (Lipinski definition) is 1. The molecule has 0 radical (unpaired) electrons. The Morgan fingerprint density at radius 2 is 2.18 bits per heavy atom. The fourth-order valence-corrected chi connectivity index (χ4v) is 2.20. The van der Waals surface area contributed by atoms with Crippen LogP contribution in [0.25, 0.3) is 5.69 Å². The number of para-hydroxylation sites is 2. The number of nitrogens with one attached hydrogen (secondary N) is 1. The maximum Gasteiger partial charge on any atom is 0.0992 e. The van der Waals surface area contributed by atoms with Gasteiger partial charge in [-0.2, -0.15) is 0 Å². The van der Waals surface area contributed by atoms with E-state index in [2.05, 4.69) is 34.6 Å². The molecule has 1 aromatic heterocycles. The maximum absolute atomic E-state index is 4.10. The van der Waals surface area contributed by atoms with Gasteiger partial charge >= 0.3 is 0 Å². The van der Waals surface area contributed by atoms with Gasteiger partial charge in [0.25, 0.3) is 0 Å². The van der Waals surface area contributed by atoms with Crippen molar-refractivity contribution in [2.24, 2.45) is 5.92 Å². The van der Waals surface area contributed by atoms with E-state index in [1.54, 1.807) is 0 Å². The zero-order chi connectivity index (χ0) is 11.5. The van der Waals surface area contributed by atoms with Gasteiger partial charge in [0, 0.05) is 18.9 Å². The molecular weight excluding hydrogens is 210 g/mol. The van der Waals surface area contributed by atoms with E-state index < -0.39 is 0 Å². The summed E-state index contributed by atoms with van der Waals surface area (Å²) in [5, 5.41) is 3.55. The Balaban J connectivity index is 1.78. The lowest BCUT2D eigenvalue weighted by molar-refractivity contribution is 0.333. The standard InChI is InChI=1S/C14H17N3/c1-2-7-14(17-9-8-15-11-17)13(6-1)16-10-12-4-3-5-12/h1-2,6-9,11-12,16H,3-5,10H2. The predicted molar refractivity (Wildman–Crippen MR) is 69.4 cm³/mol. The van der Waals surface area contributed by atoms with Gasteiger partial charge in [0.2, 0.25) is 0 Å². The SMILES string of the molecule is c1ccc(-n2ccnc2)c(NCC2CCC2)c1. The van der Waals surface area contributed by atoms with Gasteiger partial charge in [-0.15, -0.1) is 0 Å². The molecule has 88 valence electrons. The Hall–Kier alpha value is -1.77. The summed E-state index contributed by atoms with van der Waals surface area (Å²) in [6.07, 6.45) is 9.77. The van der Waals surface area contributed by atoms with Crippen LogP contribution in [0.4, 0.5) is 5.69 Å². The number of anilines is 1. The lowest BCUT2D eigenvalue weighted by atomic mass is 9.85. The second kappa shape index (κ2) is 4.62. The molecule has 0 amide bonds. The molecule has 1 fully saturated rings. The second-order valence-electron chi connectivity index (χ2n) is 4.66. The average Bonchev–Trinajstić information content (AvgIpc) is 2.81. The molecule has 1 aliphatic rings. The first kappa shape index (κ1) is 10.4. The van der Waals surface area contributed by atoms with Crippen LogP contribution in [0.2, 0.25) is 0 Å². The van der Waals surface area contributed by atoms with Crippen LogP contribution in [0.15, 0.2) is 43.0 Å². The van der Waals surface area contributed by atoms with E-state index in [1.165, 1.54) is 30.6 Å². The van der Waals surface area contributed by atoms with Crippen molar-refractivity contribution in [2.75, 3.05) is 11.9 Å². The molecule has 0 unspecified atom stereocenters. The molecule has 1 heterocycles. The van der Waals surface area contributed by atoms with E-state index in [0.29, 0.717) is 0 Å². The van der Waals surface area contributed by atoms with Crippen molar-refractivity contribution < 1.29 is 0 Å². The van der Waals surface area contributed by atoms with Crippen LogP contribution >= 0.6 is 0 Å². The first-order valence-corrected chi connectivity index (χ1v) is 6.25. The molecular formula is C14H17N3. The zero-order valence-corrected chi connectivity index (χ0v) is 9.84. The van der Waals surface area contributed by atoms with Gasteiger partial charge in [-0.05, 0) is 30.9 Å². The van der Waals surface area contributed by atoms with Crippen molar-refractivity contribution in [2.45, 2.75) is 19.3 Å². The van der Waals surface area contributed by atoms with Crippen LogP contribution in [-0.4, -0.2) is 16.1 Å². The van der Waals surface area contributed by atoms with Crippen LogP contribution < -0.4 is 5.32 Å². The molecule has 17 heavy (non-hydrogen) atoms. The normalized spacial score (nSPS) is 15.5. The summed E-state index contributed by atoms with van der Waals surface area (Å²) < 4.78 is 2.04. The lowest BCUT2D eigenvalue weighted by Gasteiger charge is -2.26. The highest BCUT2D eigenvalue weighted by Gasteiger charge is 2.17. The van der Waals surface area contributed by atoms with Crippen LogP contribution in [0.3, 0.4) is 0 Å². The largest absolute Gasteiger partial charge is 0.383 e. The average molecular weight is 227 g/mol. The van der Waals surface area contributed by atoms with Gasteiger partial charge in [-0.3, -0.25) is 0 Å². The highest BCUT2D eigenvalue weighted by molar-refractivity contribution is 5.60. The molecule has 3 heteroatoms. The van der Waals surface area contributed by atoms with Gasteiger partial charge in [-0.1, -0.05) is 18.6 Å². The molecule has 3 rings (SSSR count). The highest BCUT2D eigenvalue weighted by Crippen LogP contribution is 2.27. The van der Waals surface area contributed by atoms with E-state index >= 15 is 0 Å². The van der Waals surface area contributed by atoms with Gasteiger partial charge in [0.1, 0.15) is 0 Å². The van der Waals surface area contributed by atoms with Crippen molar-refractivity contribution >= 4 is 5.69 Å². The summed E-state index contributed by atoms with van der Waals surface area (Å²) in [5.41, 5.74) is 2.36. The number of hydrogen-bond acceptors (Lipinski definition) is 2. The monoisotopic (exact) mass is 227 g/mol. The second-order valence-corrected chi connectivity index (χ2v) is 4.66. The van der Waals surface area contributed by atoms with Gasteiger partial charge < -0.3 is 9.88 Å². The Labute approximate surface area is 101 Å². The van der Waals surface area contributed by atoms with E-state index in [0.717, 1.165) is 12.5 Å². The minimum absolute atomic E-state index is 0.867. The number of aromatic nitrogens is 2. The summed E-state index contributed by atoms with van der Waals surface area (Å²) >= 11 is 0. The van der Waals surface area contributed by atoms with E-state index in [-0.39, 0.29) is 0 Å². The zero-order valence-electron chi connectivity index (χ0n) is 9.84. The minimum atomic E-state index is 0.867. The third-order valence-corrected chi connectivity index (χ3v) is 3.49.